The van der Waals surface area contributed by atoms with Crippen LogP contribution in [0.2, 0.25) is 0 Å². The Bertz CT molecular complexity index is 907. The molecule has 0 amide bonds. The second-order valence-electron chi connectivity index (χ2n) is 7.52. The van der Waals surface area contributed by atoms with Crippen LogP contribution in [0.15, 0.2) is 65.7 Å². The van der Waals surface area contributed by atoms with Crippen molar-refractivity contribution >= 4 is 17.6 Å². The Labute approximate surface area is 178 Å². The summed E-state index contributed by atoms with van der Waals surface area (Å²) < 4.78 is 5.92. The summed E-state index contributed by atoms with van der Waals surface area (Å²) in [4.78, 5) is 12.6. The van der Waals surface area contributed by atoms with E-state index >= 15 is 0 Å². The smallest absolute Gasteiger partial charge is 0.312 e. The van der Waals surface area contributed by atoms with Crippen LogP contribution >= 0.6 is 11.6 Å². The molecule has 0 bridgehead atoms. The second kappa shape index (κ2) is 9.67. The predicted molar refractivity (Wildman–Crippen MR) is 118 cm³/mol. The van der Waals surface area contributed by atoms with Crippen molar-refractivity contribution in [2.75, 3.05) is 0 Å². The zero-order valence-corrected chi connectivity index (χ0v) is 18.0. The average Bonchev–Trinajstić information content (AvgIpc) is 2.65. The number of carboxylic acids is 1. The SMILES string of the molecule is C#CC(c1cccc(Oc2ccccc2)c1)C(C(=O)O)(C(C)C)C(C)C=C(C)Cl. The van der Waals surface area contributed by atoms with Crippen LogP contribution in [0.25, 0.3) is 0 Å². The molecule has 29 heavy (non-hydrogen) atoms. The van der Waals surface area contributed by atoms with E-state index in [0.29, 0.717) is 16.5 Å². The van der Waals surface area contributed by atoms with Crippen LogP contribution in [0.5, 0.6) is 11.5 Å². The Morgan fingerprint density at radius 1 is 1.14 bits per heavy atom. The van der Waals surface area contributed by atoms with Gasteiger partial charge in [0.25, 0.3) is 0 Å². The van der Waals surface area contributed by atoms with E-state index in [1.165, 1.54) is 0 Å². The highest BCUT2D eigenvalue weighted by Gasteiger charge is 2.52. The molecule has 3 nitrogen and oxygen atoms in total. The second-order valence-corrected chi connectivity index (χ2v) is 8.12. The minimum Gasteiger partial charge on any atom is -0.481 e. The first-order valence-corrected chi connectivity index (χ1v) is 9.97. The Morgan fingerprint density at radius 3 is 2.28 bits per heavy atom. The van der Waals surface area contributed by atoms with Gasteiger partial charge in [-0.15, -0.1) is 6.42 Å². The largest absolute Gasteiger partial charge is 0.481 e. The molecule has 0 spiro atoms. The first-order chi connectivity index (χ1) is 13.7. The third-order valence-electron chi connectivity index (χ3n) is 5.37. The van der Waals surface area contributed by atoms with E-state index in [9.17, 15) is 9.90 Å². The third kappa shape index (κ3) is 4.83. The lowest BCUT2D eigenvalue weighted by molar-refractivity contribution is -0.155. The van der Waals surface area contributed by atoms with E-state index in [-0.39, 0.29) is 11.8 Å². The number of rotatable bonds is 8. The number of aliphatic carboxylic acids is 1. The quantitative estimate of drug-likeness (QED) is 0.492. The number of carboxylic acid groups (broad SMARTS) is 1. The van der Waals surface area contributed by atoms with Gasteiger partial charge in [0.1, 0.15) is 11.5 Å². The molecular formula is C25H27ClO3. The number of carbonyl (C=O) groups is 1. The maximum atomic E-state index is 12.6. The number of terminal acetylenes is 1. The van der Waals surface area contributed by atoms with Gasteiger partial charge in [-0.3, -0.25) is 4.79 Å². The number of allylic oxidation sites excluding steroid dienone is 2. The molecule has 1 N–H and O–H groups in total. The van der Waals surface area contributed by atoms with Crippen molar-refractivity contribution in [3.63, 3.8) is 0 Å². The molecule has 0 radical (unpaired) electrons. The van der Waals surface area contributed by atoms with Crippen LogP contribution in [-0.4, -0.2) is 11.1 Å². The summed E-state index contributed by atoms with van der Waals surface area (Å²) >= 11 is 6.09. The highest BCUT2D eigenvalue weighted by atomic mass is 35.5. The molecule has 2 aromatic rings. The van der Waals surface area contributed by atoms with Crippen LogP contribution in [-0.2, 0) is 4.79 Å². The van der Waals surface area contributed by atoms with Crippen LogP contribution in [0.4, 0.5) is 0 Å². The first kappa shape index (κ1) is 22.6. The van der Waals surface area contributed by atoms with Gasteiger partial charge in [0.2, 0.25) is 0 Å². The number of halogens is 1. The molecule has 0 heterocycles. The maximum Gasteiger partial charge on any atom is 0.312 e. The molecule has 0 saturated carbocycles. The first-order valence-electron chi connectivity index (χ1n) is 9.59. The fraction of sp³-hybridized carbons (Fsp3) is 0.320. The standard InChI is InChI=1S/C25H27ClO3/c1-6-23(25(17(2)3,24(27)28)18(4)15-19(5)26)20-11-10-14-22(16-20)29-21-12-8-7-9-13-21/h1,7-18,23H,2-5H3,(H,27,28). The van der Waals surface area contributed by atoms with Gasteiger partial charge >= 0.3 is 5.97 Å². The zero-order valence-electron chi connectivity index (χ0n) is 17.2. The Morgan fingerprint density at radius 2 is 1.76 bits per heavy atom. The minimum atomic E-state index is -1.23. The summed E-state index contributed by atoms with van der Waals surface area (Å²) in [5.41, 5.74) is -0.500. The summed E-state index contributed by atoms with van der Waals surface area (Å²) in [6.07, 6.45) is 7.70. The summed E-state index contributed by atoms with van der Waals surface area (Å²) in [5.74, 6) is 1.85. The van der Waals surface area contributed by atoms with Crippen LogP contribution in [0.3, 0.4) is 0 Å². The van der Waals surface area contributed by atoms with Crippen molar-refractivity contribution in [3.05, 3.63) is 71.3 Å². The van der Waals surface area contributed by atoms with E-state index in [4.69, 9.17) is 22.8 Å². The van der Waals surface area contributed by atoms with Crippen molar-refractivity contribution in [2.45, 2.75) is 33.6 Å². The van der Waals surface area contributed by atoms with E-state index in [1.807, 2.05) is 75.4 Å². The molecular weight excluding hydrogens is 384 g/mol. The number of para-hydroxylation sites is 1. The normalized spacial score (nSPS) is 15.8. The predicted octanol–water partition coefficient (Wildman–Crippen LogP) is 6.70. The Balaban J connectivity index is 2.56. The number of hydrogen-bond acceptors (Lipinski definition) is 2. The molecule has 0 aliphatic carbocycles. The zero-order chi connectivity index (χ0) is 21.6. The highest BCUT2D eigenvalue weighted by Crippen LogP contribution is 2.49. The molecule has 3 atom stereocenters. The monoisotopic (exact) mass is 410 g/mol. The van der Waals surface area contributed by atoms with Gasteiger partial charge in [0.05, 0.1) is 11.3 Å². The molecule has 3 unspecified atom stereocenters. The van der Waals surface area contributed by atoms with Crippen LogP contribution in [0, 0.1) is 29.6 Å². The van der Waals surface area contributed by atoms with Gasteiger partial charge < -0.3 is 9.84 Å². The van der Waals surface area contributed by atoms with Crippen molar-refractivity contribution in [3.8, 4) is 23.8 Å². The van der Waals surface area contributed by atoms with E-state index in [2.05, 4.69) is 5.92 Å². The molecule has 4 heteroatoms. The lowest BCUT2D eigenvalue weighted by Gasteiger charge is -2.42. The van der Waals surface area contributed by atoms with E-state index in [0.717, 1.165) is 5.56 Å². The lowest BCUT2D eigenvalue weighted by atomic mass is 9.59. The van der Waals surface area contributed by atoms with Crippen LogP contribution in [0.1, 0.15) is 39.2 Å². The van der Waals surface area contributed by atoms with E-state index < -0.39 is 17.3 Å². The highest BCUT2D eigenvalue weighted by molar-refractivity contribution is 6.29. The van der Waals surface area contributed by atoms with Crippen molar-refractivity contribution in [1.29, 1.82) is 0 Å². The fourth-order valence-electron chi connectivity index (χ4n) is 4.06. The lowest BCUT2D eigenvalue weighted by Crippen LogP contribution is -2.46. The van der Waals surface area contributed by atoms with Crippen LogP contribution < -0.4 is 4.74 Å². The van der Waals surface area contributed by atoms with E-state index in [1.54, 1.807) is 13.0 Å². The third-order valence-corrected chi connectivity index (χ3v) is 5.50. The Hall–Kier alpha value is -2.70. The van der Waals surface area contributed by atoms with Gasteiger partial charge in [0, 0.05) is 5.03 Å². The average molecular weight is 411 g/mol. The van der Waals surface area contributed by atoms with Gasteiger partial charge in [-0.2, -0.15) is 0 Å². The number of ether oxygens (including phenoxy) is 1. The molecule has 0 aliphatic rings. The molecule has 0 aliphatic heterocycles. The summed E-state index contributed by atoms with van der Waals surface area (Å²) in [6.45, 7) is 7.37. The van der Waals surface area contributed by atoms with Gasteiger partial charge in [0.15, 0.2) is 0 Å². The van der Waals surface area contributed by atoms with Crippen molar-refractivity contribution in [2.24, 2.45) is 17.3 Å². The van der Waals surface area contributed by atoms with Crippen molar-refractivity contribution in [1.82, 2.24) is 0 Å². The van der Waals surface area contributed by atoms with Gasteiger partial charge in [-0.25, -0.2) is 0 Å². The molecule has 2 aromatic carbocycles. The summed E-state index contributed by atoms with van der Waals surface area (Å²) in [6, 6.07) is 16.7. The molecule has 0 aromatic heterocycles. The number of benzene rings is 2. The van der Waals surface area contributed by atoms with Gasteiger partial charge in [-0.05, 0) is 48.6 Å². The maximum absolute atomic E-state index is 12.6. The molecule has 152 valence electrons. The topological polar surface area (TPSA) is 46.5 Å². The molecule has 0 saturated heterocycles. The van der Waals surface area contributed by atoms with Gasteiger partial charge in [-0.1, -0.05) is 74.7 Å². The summed E-state index contributed by atoms with van der Waals surface area (Å²) in [5, 5.41) is 10.9. The minimum absolute atomic E-state index is 0.234. The van der Waals surface area contributed by atoms with Crippen molar-refractivity contribution < 1.29 is 14.6 Å². The Kier molecular flexibility index (Phi) is 7.53. The number of hydrogen-bond donors (Lipinski definition) is 1. The fourth-order valence-corrected chi connectivity index (χ4v) is 4.25. The summed E-state index contributed by atoms with van der Waals surface area (Å²) in [7, 11) is 0. The molecule has 0 fully saturated rings. The molecule has 2 rings (SSSR count).